The lowest BCUT2D eigenvalue weighted by Gasteiger charge is -2.39. The number of sulfonamides is 2. The third kappa shape index (κ3) is 9.60. The first-order chi connectivity index (χ1) is 27.6. The molecule has 20 heteroatoms. The van der Waals surface area contributed by atoms with Crippen LogP contribution in [-0.4, -0.2) is 82.6 Å². The Hall–Kier alpha value is -5.92. The van der Waals surface area contributed by atoms with Crippen LogP contribution in [0, 0.1) is 0 Å². The van der Waals surface area contributed by atoms with Gasteiger partial charge in [-0.25, -0.2) is 26.2 Å². The molecule has 4 N–H and O–H groups in total. The van der Waals surface area contributed by atoms with Crippen molar-refractivity contribution in [3.8, 4) is 17.1 Å². The van der Waals surface area contributed by atoms with Crippen LogP contribution in [0.25, 0.3) is 11.4 Å². The van der Waals surface area contributed by atoms with E-state index in [1.165, 1.54) is 52.4 Å². The fourth-order valence-corrected chi connectivity index (χ4v) is 8.46. The molecule has 6 aromatic rings. The predicted molar refractivity (Wildman–Crippen MR) is 214 cm³/mol. The molecular weight excluding hydrogens is 833 g/mol. The van der Waals surface area contributed by atoms with Crippen LogP contribution in [-0.2, 0) is 49.0 Å². The Balaban J connectivity index is 0.979. The lowest BCUT2D eigenvalue weighted by atomic mass is 10.0. The van der Waals surface area contributed by atoms with Gasteiger partial charge in [0.1, 0.15) is 21.6 Å². The van der Waals surface area contributed by atoms with Crippen molar-refractivity contribution in [1.29, 1.82) is 0 Å². The van der Waals surface area contributed by atoms with Crippen LogP contribution in [0.4, 0.5) is 11.4 Å². The van der Waals surface area contributed by atoms with Crippen molar-refractivity contribution in [3.05, 3.63) is 136 Å². The van der Waals surface area contributed by atoms with Crippen LogP contribution < -0.4 is 14.2 Å². The Kier molecular flexibility index (Phi) is 11.5. The number of likely N-dealkylation sites (tertiary alicyclic amines) is 1. The van der Waals surface area contributed by atoms with Crippen LogP contribution in [0.2, 0.25) is 10.0 Å². The van der Waals surface area contributed by atoms with Crippen LogP contribution in [0.15, 0.2) is 120 Å². The third-order valence-corrected chi connectivity index (χ3v) is 12.1. The maximum atomic E-state index is 13.3. The van der Waals surface area contributed by atoms with Crippen molar-refractivity contribution >= 4 is 66.6 Å². The number of hydrogen-bond acceptors (Lipinski definition) is 10. The van der Waals surface area contributed by atoms with E-state index in [-0.39, 0.29) is 38.4 Å². The van der Waals surface area contributed by atoms with Gasteiger partial charge in [0.15, 0.2) is 0 Å². The van der Waals surface area contributed by atoms with Gasteiger partial charge in [-0.1, -0.05) is 35.3 Å². The average Bonchev–Trinajstić information content (AvgIpc) is 3.86. The second-order valence-electron chi connectivity index (χ2n) is 13.3. The Morgan fingerprint density at radius 2 is 1.16 bits per heavy atom. The van der Waals surface area contributed by atoms with Gasteiger partial charge in [0.05, 0.1) is 60.4 Å². The van der Waals surface area contributed by atoms with Gasteiger partial charge in [-0.2, -0.15) is 10.2 Å². The Morgan fingerprint density at radius 3 is 1.64 bits per heavy atom. The molecule has 0 spiro atoms. The van der Waals surface area contributed by atoms with Gasteiger partial charge in [-0.3, -0.25) is 23.9 Å². The van der Waals surface area contributed by atoms with Gasteiger partial charge >= 0.3 is 11.9 Å². The highest BCUT2D eigenvalue weighted by molar-refractivity contribution is 7.93. The first-order valence-corrected chi connectivity index (χ1v) is 21.1. The van der Waals surface area contributed by atoms with E-state index >= 15 is 0 Å². The zero-order valence-corrected chi connectivity index (χ0v) is 33.2. The zero-order chi connectivity index (χ0) is 41.2. The number of halogens is 2. The molecule has 16 nitrogen and oxygen atoms in total. The van der Waals surface area contributed by atoms with E-state index in [9.17, 15) is 36.6 Å². The molecule has 0 bridgehead atoms. The molecule has 1 aliphatic heterocycles. The molecular formula is C38H33Cl2N7O9S2. The highest BCUT2D eigenvalue weighted by atomic mass is 35.5. The average molecular weight is 867 g/mol. The number of nitrogens with one attached hydrogen (secondary N) is 2. The molecule has 0 aliphatic carbocycles. The number of aliphatic carboxylic acids is 2. The summed E-state index contributed by atoms with van der Waals surface area (Å²) in [6, 6.07) is 22.6. The van der Waals surface area contributed by atoms with Gasteiger partial charge in [0.25, 0.3) is 20.0 Å². The second-order valence-corrected chi connectivity index (χ2v) is 17.5. The summed E-state index contributed by atoms with van der Waals surface area (Å²) in [4.78, 5) is 25.3. The van der Waals surface area contributed by atoms with Crippen molar-refractivity contribution < 1.29 is 41.4 Å². The Bertz CT molecular complexity index is 2530. The summed E-state index contributed by atoms with van der Waals surface area (Å²) in [5, 5.41) is 28.5. The highest BCUT2D eigenvalue weighted by Crippen LogP contribution is 2.29. The molecule has 1 saturated heterocycles. The molecule has 0 atom stereocenters. The summed E-state index contributed by atoms with van der Waals surface area (Å²) >= 11 is 11.9. The molecule has 7 rings (SSSR count). The van der Waals surface area contributed by atoms with Crippen molar-refractivity contribution in [2.75, 3.05) is 22.5 Å². The maximum Gasteiger partial charge on any atom is 0.307 e. The quantitative estimate of drug-likeness (QED) is 0.0952. The number of benzene rings is 4. The Morgan fingerprint density at radius 1 is 0.690 bits per heavy atom. The van der Waals surface area contributed by atoms with E-state index < -0.39 is 44.8 Å². The fraction of sp³-hybridized carbons (Fsp3) is 0.158. The first kappa shape index (κ1) is 40.3. The summed E-state index contributed by atoms with van der Waals surface area (Å²) in [7, 11) is -8.28. The van der Waals surface area contributed by atoms with Crippen LogP contribution in [0.5, 0.6) is 5.75 Å². The fourth-order valence-electron chi connectivity index (χ4n) is 6.15. The van der Waals surface area contributed by atoms with E-state index in [2.05, 4.69) is 19.6 Å². The number of carbonyl (C=O) groups is 2. The lowest BCUT2D eigenvalue weighted by Crippen LogP contribution is -2.53. The minimum Gasteiger partial charge on any atom is -0.488 e. The van der Waals surface area contributed by atoms with Crippen LogP contribution >= 0.6 is 23.2 Å². The van der Waals surface area contributed by atoms with Gasteiger partial charge in [-0.15, -0.1) is 0 Å². The van der Waals surface area contributed by atoms with Crippen molar-refractivity contribution in [2.45, 2.75) is 35.3 Å². The topological polar surface area (TPSA) is 215 Å². The predicted octanol–water partition coefficient (Wildman–Crippen LogP) is 5.48. The first-order valence-electron chi connectivity index (χ1n) is 17.3. The van der Waals surface area contributed by atoms with Gasteiger partial charge < -0.3 is 14.9 Å². The van der Waals surface area contributed by atoms with E-state index in [1.54, 1.807) is 66.7 Å². The van der Waals surface area contributed by atoms with Crippen molar-refractivity contribution in [1.82, 2.24) is 24.5 Å². The number of anilines is 2. The lowest BCUT2D eigenvalue weighted by molar-refractivity contribution is -0.137. The minimum absolute atomic E-state index is 0.0696. The van der Waals surface area contributed by atoms with E-state index in [4.69, 9.17) is 27.9 Å². The van der Waals surface area contributed by atoms with E-state index in [1.807, 2.05) is 4.90 Å². The largest absolute Gasteiger partial charge is 0.488 e. The monoisotopic (exact) mass is 865 g/mol. The van der Waals surface area contributed by atoms with Gasteiger partial charge in [0.2, 0.25) is 0 Å². The molecule has 0 amide bonds. The summed E-state index contributed by atoms with van der Waals surface area (Å²) in [6.07, 6.45) is 3.84. The molecule has 0 saturated carbocycles. The molecule has 3 heterocycles. The second kappa shape index (κ2) is 16.5. The van der Waals surface area contributed by atoms with Gasteiger partial charge in [-0.05, 0) is 89.5 Å². The number of nitrogens with zero attached hydrogens (tertiary/aromatic N) is 5. The standard InChI is InChI=1S/C38H33Cl2N7O9S2/c39-27-2-6-29(7-3-27)46-22-33(17-41-46)57(52,53)43-35-11-1-24(13-25(35)15-37(48)49)19-45-20-32(21-45)56-31-10-12-36(26(14-31)16-38(50)51)44-58(54,55)34-18-42-47(23-34)30-8-4-28(40)5-9-30/h1-14,17-18,22-23,32,43-44H,15-16,19-21H2,(H,48,49)(H,50,51). The van der Waals surface area contributed by atoms with Crippen molar-refractivity contribution in [3.63, 3.8) is 0 Å². The third-order valence-electron chi connectivity index (χ3n) is 8.97. The highest BCUT2D eigenvalue weighted by Gasteiger charge is 2.29. The van der Waals surface area contributed by atoms with Crippen LogP contribution in [0.1, 0.15) is 16.7 Å². The number of carboxylic acid groups (broad SMARTS) is 2. The molecule has 1 fully saturated rings. The molecule has 0 radical (unpaired) electrons. The minimum atomic E-state index is -4.15. The normalized spacial score (nSPS) is 13.5. The molecule has 1 aliphatic rings. The van der Waals surface area contributed by atoms with E-state index in [0.29, 0.717) is 46.8 Å². The molecule has 300 valence electrons. The maximum absolute atomic E-state index is 13.3. The summed E-state index contributed by atoms with van der Waals surface area (Å²) in [5.41, 5.74) is 2.57. The molecule has 0 unspecified atom stereocenters. The summed E-state index contributed by atoms with van der Waals surface area (Å²) < 4.78 is 66.9. The smallest absolute Gasteiger partial charge is 0.307 e. The SMILES string of the molecule is O=C(O)Cc1cc(CN2CC(Oc3ccc(NS(=O)(=O)c4cnn(-c5ccc(Cl)cc5)c4)c(CC(=O)O)c3)C2)ccc1NS(=O)(=O)c1cnn(-c2ccc(Cl)cc2)c1. The number of carboxylic acids is 2. The van der Waals surface area contributed by atoms with Crippen molar-refractivity contribution in [2.24, 2.45) is 0 Å². The van der Waals surface area contributed by atoms with E-state index in [0.717, 1.165) is 5.56 Å². The number of hydrogen-bond donors (Lipinski definition) is 4. The molecule has 2 aromatic heterocycles. The number of aromatic nitrogens is 4. The summed E-state index contributed by atoms with van der Waals surface area (Å²) in [6.45, 7) is 1.36. The molecule has 4 aromatic carbocycles. The molecule has 58 heavy (non-hydrogen) atoms. The van der Waals surface area contributed by atoms with Crippen LogP contribution in [0.3, 0.4) is 0 Å². The summed E-state index contributed by atoms with van der Waals surface area (Å²) in [5.74, 6) is -1.97. The van der Waals surface area contributed by atoms with Gasteiger partial charge in [0, 0.05) is 29.7 Å². The Labute approximate surface area is 342 Å². The number of rotatable bonds is 16. The number of ether oxygens (including phenoxy) is 1. The zero-order valence-electron chi connectivity index (χ0n) is 30.1.